The number of aryl methyl sites for hydroxylation is 1. The lowest BCUT2D eigenvalue weighted by Gasteiger charge is -2.13. The summed E-state index contributed by atoms with van der Waals surface area (Å²) in [6.45, 7) is 5.64. The minimum atomic E-state index is -0.330. The van der Waals surface area contributed by atoms with Gasteiger partial charge in [-0.05, 0) is 68.3 Å². The molecule has 158 valence electrons. The summed E-state index contributed by atoms with van der Waals surface area (Å²) in [5.41, 5.74) is 4.56. The minimum absolute atomic E-state index is 0.0172. The van der Waals surface area contributed by atoms with Crippen molar-refractivity contribution in [3.8, 4) is 11.1 Å². The molecule has 0 saturated heterocycles. The topological polar surface area (TPSA) is 63.6 Å². The van der Waals surface area contributed by atoms with Gasteiger partial charge in [-0.15, -0.1) is 0 Å². The van der Waals surface area contributed by atoms with Crippen LogP contribution in [0.1, 0.15) is 53.6 Å². The summed E-state index contributed by atoms with van der Waals surface area (Å²) < 4.78 is 14.7. The number of nitrogens with one attached hydrogen (secondary N) is 1. The Balaban J connectivity index is 1.72. The lowest BCUT2D eigenvalue weighted by molar-refractivity contribution is 0.0826. The highest BCUT2D eigenvalue weighted by Crippen LogP contribution is 2.31. The molecular formula is C25H24FN3O2. The first kappa shape index (κ1) is 20.7. The minimum Gasteiger partial charge on any atom is -0.385 e. The number of hydrogen-bond acceptors (Lipinski definition) is 4. The van der Waals surface area contributed by atoms with E-state index in [1.807, 2.05) is 51.1 Å². The molecule has 1 aliphatic heterocycles. The molecule has 1 N–H and O–H groups in total. The van der Waals surface area contributed by atoms with E-state index < -0.39 is 0 Å². The molecule has 4 rings (SSSR count). The zero-order valence-corrected chi connectivity index (χ0v) is 17.7. The van der Waals surface area contributed by atoms with E-state index in [-0.39, 0.29) is 23.9 Å². The fourth-order valence-electron chi connectivity index (χ4n) is 3.55. The van der Waals surface area contributed by atoms with E-state index in [0.717, 1.165) is 16.8 Å². The third-order valence-corrected chi connectivity index (χ3v) is 5.07. The molecular weight excluding hydrogens is 393 g/mol. The summed E-state index contributed by atoms with van der Waals surface area (Å²) in [5, 5.41) is 7.15. The molecule has 6 heteroatoms. The zero-order valence-electron chi connectivity index (χ0n) is 17.7. The predicted octanol–water partition coefficient (Wildman–Crippen LogP) is 5.20. The highest BCUT2D eigenvalue weighted by molar-refractivity contribution is 6.05. The fraction of sp³-hybridized carbons (Fsp3) is 0.240. The molecule has 2 heterocycles. The second-order valence-corrected chi connectivity index (χ2v) is 8.00. The number of carbonyl (C=O) groups excluding carboxylic acids is 1. The van der Waals surface area contributed by atoms with Crippen LogP contribution in [0.4, 0.5) is 4.39 Å². The number of benzene rings is 2. The number of amides is 1. The van der Waals surface area contributed by atoms with Gasteiger partial charge in [0.2, 0.25) is 0 Å². The van der Waals surface area contributed by atoms with Crippen molar-refractivity contribution in [2.45, 2.75) is 39.3 Å². The van der Waals surface area contributed by atoms with Gasteiger partial charge in [-0.3, -0.25) is 9.78 Å². The smallest absolute Gasteiger partial charge is 0.251 e. The van der Waals surface area contributed by atoms with E-state index in [2.05, 4.69) is 15.5 Å². The molecule has 1 atom stereocenters. The number of carbonyl (C=O) groups is 1. The highest BCUT2D eigenvalue weighted by Gasteiger charge is 2.26. The molecule has 1 unspecified atom stereocenters. The van der Waals surface area contributed by atoms with Crippen LogP contribution in [0.15, 0.2) is 65.9 Å². The van der Waals surface area contributed by atoms with E-state index in [4.69, 9.17) is 4.84 Å². The SMILES string of the molecule is Cc1ccc(-c2cc(C(=O)NC(C)C)cc(C3=NOC(c4ccccn4)C3)c2)c(F)c1. The molecule has 5 nitrogen and oxygen atoms in total. The number of aromatic nitrogens is 1. The van der Waals surface area contributed by atoms with Crippen LogP contribution < -0.4 is 5.32 Å². The van der Waals surface area contributed by atoms with Crippen molar-refractivity contribution in [3.63, 3.8) is 0 Å². The van der Waals surface area contributed by atoms with Gasteiger partial charge in [0.05, 0.1) is 11.4 Å². The van der Waals surface area contributed by atoms with E-state index in [9.17, 15) is 9.18 Å². The first-order chi connectivity index (χ1) is 14.9. The van der Waals surface area contributed by atoms with Crippen LogP contribution in [0.3, 0.4) is 0 Å². The van der Waals surface area contributed by atoms with Crippen LogP contribution in [0.5, 0.6) is 0 Å². The standard InChI is InChI=1S/C25H24FN3O2/c1-15(2)28-25(30)19-12-17(20-8-7-16(3)10-21(20)26)11-18(13-19)23-14-24(31-29-23)22-6-4-5-9-27-22/h4-13,15,24H,14H2,1-3H3,(H,28,30). The number of halogens is 1. The van der Waals surface area contributed by atoms with Gasteiger partial charge in [0.1, 0.15) is 5.82 Å². The lowest BCUT2D eigenvalue weighted by Crippen LogP contribution is -2.30. The fourth-order valence-corrected chi connectivity index (χ4v) is 3.55. The normalized spacial score (nSPS) is 15.5. The van der Waals surface area contributed by atoms with Crippen molar-refractivity contribution in [3.05, 3.63) is 89.0 Å². The maximum Gasteiger partial charge on any atom is 0.251 e. The van der Waals surface area contributed by atoms with Gasteiger partial charge in [-0.2, -0.15) is 0 Å². The first-order valence-corrected chi connectivity index (χ1v) is 10.3. The van der Waals surface area contributed by atoms with Gasteiger partial charge in [-0.1, -0.05) is 23.4 Å². The molecule has 1 amide bonds. The Morgan fingerprint density at radius 1 is 1.13 bits per heavy atom. The van der Waals surface area contributed by atoms with Gasteiger partial charge in [0, 0.05) is 35.3 Å². The van der Waals surface area contributed by atoms with Crippen LogP contribution in [-0.4, -0.2) is 22.6 Å². The second kappa shape index (κ2) is 8.68. The zero-order chi connectivity index (χ0) is 22.0. The first-order valence-electron chi connectivity index (χ1n) is 10.3. The molecule has 0 saturated carbocycles. The van der Waals surface area contributed by atoms with Crippen molar-refractivity contribution in [2.75, 3.05) is 0 Å². The largest absolute Gasteiger partial charge is 0.385 e. The van der Waals surface area contributed by atoms with Crippen LogP contribution in [-0.2, 0) is 4.84 Å². The van der Waals surface area contributed by atoms with Crippen LogP contribution >= 0.6 is 0 Å². The maximum absolute atomic E-state index is 14.7. The van der Waals surface area contributed by atoms with Gasteiger partial charge in [0.15, 0.2) is 6.10 Å². The average molecular weight is 417 g/mol. The third kappa shape index (κ3) is 4.63. The number of pyridine rings is 1. The quantitative estimate of drug-likeness (QED) is 0.621. The molecule has 0 fully saturated rings. The van der Waals surface area contributed by atoms with E-state index in [1.165, 1.54) is 6.07 Å². The Hall–Kier alpha value is -3.54. The molecule has 0 radical (unpaired) electrons. The summed E-state index contributed by atoms with van der Waals surface area (Å²) >= 11 is 0. The van der Waals surface area contributed by atoms with Gasteiger partial charge in [-0.25, -0.2) is 4.39 Å². The Morgan fingerprint density at radius 2 is 1.94 bits per heavy atom. The average Bonchev–Trinajstić information content (AvgIpc) is 3.24. The summed E-state index contributed by atoms with van der Waals surface area (Å²) in [7, 11) is 0. The maximum atomic E-state index is 14.7. The van der Waals surface area contributed by atoms with Crippen LogP contribution in [0.2, 0.25) is 0 Å². The van der Waals surface area contributed by atoms with Crippen molar-refractivity contribution in [1.82, 2.24) is 10.3 Å². The van der Waals surface area contributed by atoms with Gasteiger partial charge < -0.3 is 10.2 Å². The number of hydrogen-bond donors (Lipinski definition) is 1. The van der Waals surface area contributed by atoms with Crippen LogP contribution in [0.25, 0.3) is 11.1 Å². The summed E-state index contributed by atoms with van der Waals surface area (Å²) in [6, 6.07) is 16.0. The molecule has 0 bridgehead atoms. The molecule has 0 aliphatic carbocycles. The van der Waals surface area contributed by atoms with E-state index >= 15 is 0 Å². The summed E-state index contributed by atoms with van der Waals surface area (Å²) in [4.78, 5) is 22.7. The molecule has 1 aromatic heterocycles. The summed E-state index contributed by atoms with van der Waals surface area (Å²) in [6.07, 6.45) is 1.94. The van der Waals surface area contributed by atoms with Crippen molar-refractivity contribution >= 4 is 11.6 Å². The van der Waals surface area contributed by atoms with Crippen molar-refractivity contribution in [2.24, 2.45) is 5.16 Å². The molecule has 2 aromatic carbocycles. The van der Waals surface area contributed by atoms with Crippen molar-refractivity contribution < 1.29 is 14.0 Å². The number of rotatable bonds is 5. The third-order valence-electron chi connectivity index (χ3n) is 5.07. The Bertz CT molecular complexity index is 1140. The number of nitrogens with zero attached hydrogens (tertiary/aromatic N) is 2. The van der Waals surface area contributed by atoms with Gasteiger partial charge >= 0.3 is 0 Å². The molecule has 1 aliphatic rings. The second-order valence-electron chi connectivity index (χ2n) is 8.00. The Kier molecular flexibility index (Phi) is 5.80. The van der Waals surface area contributed by atoms with Gasteiger partial charge in [0.25, 0.3) is 5.91 Å². The van der Waals surface area contributed by atoms with E-state index in [1.54, 1.807) is 24.4 Å². The monoisotopic (exact) mass is 417 g/mol. The summed E-state index contributed by atoms with van der Waals surface area (Å²) in [5.74, 6) is -0.547. The number of oxime groups is 1. The van der Waals surface area contributed by atoms with Crippen LogP contribution in [0, 0.1) is 12.7 Å². The van der Waals surface area contributed by atoms with E-state index in [0.29, 0.717) is 28.8 Å². The Labute approximate surface area is 181 Å². The molecule has 0 spiro atoms. The lowest BCUT2D eigenvalue weighted by atomic mass is 9.94. The molecule has 3 aromatic rings. The Morgan fingerprint density at radius 3 is 2.65 bits per heavy atom. The van der Waals surface area contributed by atoms with Crippen molar-refractivity contribution in [1.29, 1.82) is 0 Å². The predicted molar refractivity (Wildman–Crippen MR) is 118 cm³/mol. The highest BCUT2D eigenvalue weighted by atomic mass is 19.1. The molecule has 31 heavy (non-hydrogen) atoms.